The number of nitrogens with zero attached hydrogens (tertiary/aromatic N) is 6. The van der Waals surface area contributed by atoms with Crippen LogP contribution in [0.4, 0.5) is 13.2 Å². The highest BCUT2D eigenvalue weighted by Gasteiger charge is 2.46. The van der Waals surface area contributed by atoms with E-state index in [-0.39, 0.29) is 30.4 Å². The van der Waals surface area contributed by atoms with Crippen LogP contribution in [0, 0.1) is 29.6 Å². The van der Waals surface area contributed by atoms with E-state index in [0.29, 0.717) is 66.9 Å². The molecule has 2 saturated heterocycles. The summed E-state index contributed by atoms with van der Waals surface area (Å²) in [6.45, 7) is 2.52. The lowest BCUT2D eigenvalue weighted by atomic mass is 9.68. The predicted octanol–water partition coefficient (Wildman–Crippen LogP) is 3.73. The fourth-order valence-corrected chi connectivity index (χ4v) is 7.22. The second-order valence-electron chi connectivity index (χ2n) is 13.1. The van der Waals surface area contributed by atoms with Crippen molar-refractivity contribution in [3.8, 4) is 0 Å². The Kier molecular flexibility index (Phi) is 7.98. The molecule has 5 heterocycles. The number of amides is 2. The molecule has 2 amide bonds. The third-order valence-corrected chi connectivity index (χ3v) is 10.1. The fourth-order valence-electron chi connectivity index (χ4n) is 7.22. The number of piperidine rings is 1. The minimum absolute atomic E-state index is 0.0231. The average molecular weight is 631 g/mol. The van der Waals surface area contributed by atoms with Crippen LogP contribution in [0.5, 0.6) is 0 Å². The van der Waals surface area contributed by atoms with Gasteiger partial charge in [-0.05, 0) is 74.3 Å². The first-order valence-corrected chi connectivity index (χ1v) is 16.0. The molecule has 242 valence electrons. The molecule has 4 fully saturated rings. The van der Waals surface area contributed by atoms with Gasteiger partial charge < -0.3 is 15.4 Å². The van der Waals surface area contributed by atoms with Gasteiger partial charge in [0, 0.05) is 38.0 Å². The van der Waals surface area contributed by atoms with Crippen LogP contribution in [-0.4, -0.2) is 67.6 Å². The molecule has 0 unspecified atom stereocenters. The first-order chi connectivity index (χ1) is 21.7. The van der Waals surface area contributed by atoms with Crippen molar-refractivity contribution >= 4 is 17.6 Å². The summed E-state index contributed by atoms with van der Waals surface area (Å²) in [5.41, 5.74) is 2.34. The largest absolute Gasteiger partial charge is 0.393 e. The molecule has 2 N–H and O–H groups in total. The van der Waals surface area contributed by atoms with Gasteiger partial charge in [0.15, 0.2) is 5.69 Å². The molecule has 12 nitrogen and oxygen atoms in total. The first-order valence-electron chi connectivity index (χ1n) is 16.0. The number of alkyl halides is 3. The molecule has 4 aliphatic rings. The number of ether oxygens (including phenoxy) is 1. The number of halogens is 3. The van der Waals surface area contributed by atoms with Crippen LogP contribution >= 0.6 is 0 Å². The van der Waals surface area contributed by atoms with Gasteiger partial charge in [-0.15, -0.1) is 0 Å². The zero-order valence-corrected chi connectivity index (χ0v) is 25.1. The lowest BCUT2D eigenvalue weighted by Gasteiger charge is -2.40. The van der Waals surface area contributed by atoms with E-state index in [1.807, 2.05) is 6.92 Å². The van der Waals surface area contributed by atoms with E-state index in [1.165, 1.54) is 17.4 Å². The van der Waals surface area contributed by atoms with Gasteiger partial charge in [-0.3, -0.25) is 9.59 Å². The van der Waals surface area contributed by atoms with Crippen molar-refractivity contribution in [1.82, 2.24) is 40.5 Å². The second kappa shape index (κ2) is 12.0. The third-order valence-electron chi connectivity index (χ3n) is 10.1. The highest BCUT2D eigenvalue weighted by Crippen LogP contribution is 2.52. The minimum atomic E-state index is -4.40. The Morgan fingerprint density at radius 3 is 2.58 bits per heavy atom. The molecular weight excluding hydrogens is 593 g/mol. The number of fused-ring (bicyclic) bond motifs is 1. The number of hydrogen-bond donors (Lipinski definition) is 2. The van der Waals surface area contributed by atoms with Crippen molar-refractivity contribution in [2.45, 2.75) is 82.8 Å². The molecule has 15 heteroatoms. The van der Waals surface area contributed by atoms with Crippen LogP contribution in [-0.2, 0) is 22.4 Å². The molecule has 3 aromatic heterocycles. The van der Waals surface area contributed by atoms with Gasteiger partial charge in [0.05, 0.1) is 35.2 Å². The van der Waals surface area contributed by atoms with E-state index in [1.54, 1.807) is 6.20 Å². The van der Waals surface area contributed by atoms with E-state index in [2.05, 4.69) is 20.9 Å². The highest BCUT2D eigenvalue weighted by atomic mass is 19.4. The quantitative estimate of drug-likeness (QED) is 0.361. The van der Waals surface area contributed by atoms with Gasteiger partial charge in [-0.2, -0.15) is 18.3 Å². The Morgan fingerprint density at radius 2 is 1.87 bits per heavy atom. The number of aromatic nitrogens is 6. The molecule has 2 aliphatic carbocycles. The lowest BCUT2D eigenvalue weighted by molar-refractivity contribution is -0.183. The minimum Gasteiger partial charge on any atom is -0.381 e. The average Bonchev–Trinajstić information content (AvgIpc) is 3.55. The van der Waals surface area contributed by atoms with Gasteiger partial charge >= 0.3 is 6.18 Å². The number of aryl methyl sites for hydroxylation is 1. The third kappa shape index (κ3) is 6.15. The van der Waals surface area contributed by atoms with Gasteiger partial charge in [-0.25, -0.2) is 19.1 Å². The Hall–Kier alpha value is -3.62. The van der Waals surface area contributed by atoms with E-state index in [4.69, 9.17) is 24.4 Å². The summed E-state index contributed by atoms with van der Waals surface area (Å²) in [5.74, 6) is -1.43. The van der Waals surface area contributed by atoms with E-state index in [9.17, 15) is 22.8 Å². The molecule has 7 rings (SSSR count). The molecule has 3 aromatic rings. The smallest absolute Gasteiger partial charge is 0.381 e. The van der Waals surface area contributed by atoms with Crippen LogP contribution < -0.4 is 10.6 Å². The van der Waals surface area contributed by atoms with Crippen LogP contribution in [0.3, 0.4) is 0 Å². The number of imidazole rings is 1. The van der Waals surface area contributed by atoms with Crippen LogP contribution in [0.15, 0.2) is 10.8 Å². The van der Waals surface area contributed by atoms with E-state index in [0.717, 1.165) is 18.8 Å². The maximum absolute atomic E-state index is 13.6. The Bertz CT molecular complexity index is 1560. The molecule has 2 saturated carbocycles. The summed E-state index contributed by atoms with van der Waals surface area (Å²) in [5, 5.41) is 18.1. The van der Waals surface area contributed by atoms with Crippen molar-refractivity contribution in [2.75, 3.05) is 19.8 Å². The van der Waals surface area contributed by atoms with E-state index < -0.39 is 42.4 Å². The molecule has 0 radical (unpaired) electrons. The lowest BCUT2D eigenvalue weighted by Crippen LogP contribution is -2.47. The maximum atomic E-state index is 13.6. The summed E-state index contributed by atoms with van der Waals surface area (Å²) in [4.78, 5) is 35.8. The molecule has 3 atom stereocenters. The summed E-state index contributed by atoms with van der Waals surface area (Å²) in [7, 11) is 0. The standard InChI is InChI=1S/C30H37F3N8O4/c1-2-21-26(40-45-39-21)28(43)36-25(18-9-17(10-18)15-3-4-15)23-14-41-29(35-23)37-24(16-5-7-44-8-6-16)22(38-41)12-19-11-20(30(31,32)33)13-34-27(19)42/h14-20,25H,2-13H2,1H3,(H,34,42)(H,36,43)/t17?,18?,19-,20-,25+/m1/s1. The molecular formula is C30H37F3N8O4. The van der Waals surface area contributed by atoms with Crippen molar-refractivity contribution < 1.29 is 32.1 Å². The first kappa shape index (κ1) is 30.1. The van der Waals surface area contributed by atoms with Crippen molar-refractivity contribution in [3.63, 3.8) is 0 Å². The van der Waals surface area contributed by atoms with Crippen molar-refractivity contribution in [1.29, 1.82) is 0 Å². The molecule has 45 heavy (non-hydrogen) atoms. The Morgan fingerprint density at radius 1 is 1.09 bits per heavy atom. The SMILES string of the molecule is CCc1nonc1C(=O)N[C@H](c1cn2nc(C[C@H]3C[C@@H](C(F)(F)F)CNC3=O)c(C3CCOCC3)nc2n1)C1CC(C2CC2)C1. The number of carbonyl (C=O) groups is 2. The summed E-state index contributed by atoms with van der Waals surface area (Å²) in [6, 6.07) is -0.427. The van der Waals surface area contributed by atoms with Crippen molar-refractivity contribution in [3.05, 3.63) is 34.7 Å². The summed E-state index contributed by atoms with van der Waals surface area (Å²) >= 11 is 0. The Balaban J connectivity index is 1.21. The van der Waals surface area contributed by atoms with Gasteiger partial charge in [-0.1, -0.05) is 12.1 Å². The normalized spacial score (nSPS) is 26.8. The number of rotatable bonds is 9. The number of nitrogens with one attached hydrogen (secondary N) is 2. The second-order valence-corrected chi connectivity index (χ2v) is 13.1. The molecule has 0 spiro atoms. The zero-order chi connectivity index (χ0) is 31.3. The number of carbonyl (C=O) groups excluding carboxylic acids is 2. The van der Waals surface area contributed by atoms with Gasteiger partial charge in [0.2, 0.25) is 5.91 Å². The number of hydrogen-bond acceptors (Lipinski definition) is 9. The van der Waals surface area contributed by atoms with Crippen LogP contribution in [0.1, 0.15) is 97.1 Å². The molecule has 0 aromatic carbocycles. The zero-order valence-electron chi connectivity index (χ0n) is 25.1. The maximum Gasteiger partial charge on any atom is 0.393 e. The topological polar surface area (TPSA) is 149 Å². The fraction of sp³-hybridized carbons (Fsp3) is 0.700. The predicted molar refractivity (Wildman–Crippen MR) is 151 cm³/mol. The molecule has 0 bridgehead atoms. The summed E-state index contributed by atoms with van der Waals surface area (Å²) < 4.78 is 52.7. The molecule has 2 aliphatic heterocycles. The monoisotopic (exact) mass is 630 g/mol. The van der Waals surface area contributed by atoms with Gasteiger partial charge in [0.25, 0.3) is 11.7 Å². The van der Waals surface area contributed by atoms with Crippen LogP contribution in [0.25, 0.3) is 5.78 Å². The summed E-state index contributed by atoms with van der Waals surface area (Å²) in [6.07, 6.45) is 3.37. The van der Waals surface area contributed by atoms with Gasteiger partial charge in [0.1, 0.15) is 5.69 Å². The van der Waals surface area contributed by atoms with Crippen molar-refractivity contribution in [2.24, 2.45) is 29.6 Å². The van der Waals surface area contributed by atoms with Crippen LogP contribution in [0.2, 0.25) is 0 Å². The highest BCUT2D eigenvalue weighted by molar-refractivity contribution is 5.93. The van der Waals surface area contributed by atoms with E-state index >= 15 is 0 Å². The Labute approximate surface area is 257 Å².